The summed E-state index contributed by atoms with van der Waals surface area (Å²) in [6.07, 6.45) is 1.74. The maximum absolute atomic E-state index is 12.2. The molecule has 3 aromatic rings. The molecule has 0 unspecified atom stereocenters. The van der Waals surface area contributed by atoms with E-state index in [1.807, 2.05) is 38.2 Å². The average molecular weight is 404 g/mol. The Bertz CT molecular complexity index is 885. The summed E-state index contributed by atoms with van der Waals surface area (Å²) in [7, 11) is 1.87. The number of carbonyl (C=O) groups excluding carboxylic acids is 1. The summed E-state index contributed by atoms with van der Waals surface area (Å²) < 4.78 is 13.9. The summed E-state index contributed by atoms with van der Waals surface area (Å²) in [6, 6.07) is 10.9. The van der Waals surface area contributed by atoms with Gasteiger partial charge in [-0.2, -0.15) is 5.10 Å². The number of para-hydroxylation sites is 1. The topological polar surface area (TPSA) is 69.3 Å². The van der Waals surface area contributed by atoms with Gasteiger partial charge in [-0.3, -0.25) is 9.48 Å². The Kier molecular flexibility index (Phi) is 5.23. The number of benzene rings is 1. The highest BCUT2D eigenvalue weighted by Crippen LogP contribution is 2.25. The number of carbonyl (C=O) groups is 1. The molecule has 0 saturated carbocycles. The highest BCUT2D eigenvalue weighted by molar-refractivity contribution is 9.10. The molecule has 25 heavy (non-hydrogen) atoms. The van der Waals surface area contributed by atoms with E-state index in [0.717, 1.165) is 21.5 Å². The molecule has 2 aromatic heterocycles. The molecule has 0 saturated heterocycles. The van der Waals surface area contributed by atoms with Crippen LogP contribution in [0.2, 0.25) is 0 Å². The van der Waals surface area contributed by atoms with Crippen LogP contribution in [0.3, 0.4) is 0 Å². The maximum Gasteiger partial charge on any atom is 0.287 e. The average Bonchev–Trinajstić information content (AvgIpc) is 3.20. The first kappa shape index (κ1) is 17.3. The van der Waals surface area contributed by atoms with E-state index in [0.29, 0.717) is 12.3 Å². The first-order chi connectivity index (χ1) is 12.0. The number of nitrogens with one attached hydrogen (secondary N) is 1. The minimum atomic E-state index is -0.268. The molecule has 7 heteroatoms. The molecule has 0 spiro atoms. The molecule has 130 valence electrons. The van der Waals surface area contributed by atoms with E-state index in [4.69, 9.17) is 9.15 Å². The molecule has 0 aliphatic heterocycles. The molecule has 2 heterocycles. The van der Waals surface area contributed by atoms with E-state index in [2.05, 4.69) is 26.3 Å². The molecular formula is C18H18BrN3O3. The zero-order chi connectivity index (χ0) is 17.8. The van der Waals surface area contributed by atoms with Crippen molar-refractivity contribution in [3.05, 3.63) is 69.8 Å². The standard InChI is InChI=1S/C18H18BrN3O3/c1-12-13(10-21-22(12)2)9-20-18(23)17-8-7-14(25-17)11-24-16-6-4-3-5-15(16)19/h3-8,10H,9,11H2,1-2H3,(H,20,23). The van der Waals surface area contributed by atoms with Gasteiger partial charge in [-0.1, -0.05) is 12.1 Å². The lowest BCUT2D eigenvalue weighted by Gasteiger charge is -2.06. The number of rotatable bonds is 6. The lowest BCUT2D eigenvalue weighted by Crippen LogP contribution is -2.22. The smallest absolute Gasteiger partial charge is 0.287 e. The van der Waals surface area contributed by atoms with Crippen molar-refractivity contribution < 1.29 is 13.9 Å². The maximum atomic E-state index is 12.2. The molecule has 1 aromatic carbocycles. The Morgan fingerprint density at radius 1 is 1.32 bits per heavy atom. The third-order valence-electron chi connectivity index (χ3n) is 3.87. The van der Waals surface area contributed by atoms with Crippen LogP contribution in [0.25, 0.3) is 0 Å². The van der Waals surface area contributed by atoms with Gasteiger partial charge in [-0.25, -0.2) is 0 Å². The van der Waals surface area contributed by atoms with Crippen molar-refractivity contribution in [1.82, 2.24) is 15.1 Å². The number of ether oxygens (including phenoxy) is 1. The van der Waals surface area contributed by atoms with Gasteiger partial charge in [0, 0.05) is 24.8 Å². The molecule has 0 aliphatic rings. The Morgan fingerprint density at radius 3 is 2.84 bits per heavy atom. The van der Waals surface area contributed by atoms with Crippen molar-refractivity contribution in [2.24, 2.45) is 7.05 Å². The zero-order valence-corrected chi connectivity index (χ0v) is 15.5. The number of halogens is 1. The van der Waals surface area contributed by atoms with Crippen LogP contribution in [-0.4, -0.2) is 15.7 Å². The van der Waals surface area contributed by atoms with E-state index in [1.165, 1.54) is 0 Å². The number of aromatic nitrogens is 2. The van der Waals surface area contributed by atoms with Crippen LogP contribution in [0, 0.1) is 6.92 Å². The van der Waals surface area contributed by atoms with Gasteiger partial charge < -0.3 is 14.5 Å². The largest absolute Gasteiger partial charge is 0.484 e. The van der Waals surface area contributed by atoms with E-state index < -0.39 is 0 Å². The number of nitrogens with zero attached hydrogens (tertiary/aromatic N) is 2. The van der Waals surface area contributed by atoms with E-state index >= 15 is 0 Å². The molecule has 0 atom stereocenters. The monoisotopic (exact) mass is 403 g/mol. The van der Waals surface area contributed by atoms with Crippen LogP contribution in [0.15, 0.2) is 51.5 Å². The quantitative estimate of drug-likeness (QED) is 0.682. The number of hydrogen-bond acceptors (Lipinski definition) is 4. The Morgan fingerprint density at radius 2 is 2.12 bits per heavy atom. The van der Waals surface area contributed by atoms with Gasteiger partial charge >= 0.3 is 0 Å². The van der Waals surface area contributed by atoms with Gasteiger partial charge in [-0.05, 0) is 47.1 Å². The van der Waals surface area contributed by atoms with Crippen molar-refractivity contribution in [2.45, 2.75) is 20.1 Å². The third-order valence-corrected chi connectivity index (χ3v) is 4.52. The van der Waals surface area contributed by atoms with E-state index in [9.17, 15) is 4.79 Å². The minimum absolute atomic E-state index is 0.248. The zero-order valence-electron chi connectivity index (χ0n) is 14.0. The highest BCUT2D eigenvalue weighted by Gasteiger charge is 2.13. The molecule has 1 amide bonds. The van der Waals surface area contributed by atoms with Crippen molar-refractivity contribution in [3.8, 4) is 5.75 Å². The van der Waals surface area contributed by atoms with Crippen molar-refractivity contribution in [2.75, 3.05) is 0 Å². The van der Waals surface area contributed by atoms with Crippen molar-refractivity contribution in [3.63, 3.8) is 0 Å². The van der Waals surface area contributed by atoms with Gasteiger partial charge in [0.25, 0.3) is 5.91 Å². The number of furan rings is 1. The van der Waals surface area contributed by atoms with Crippen LogP contribution in [0.1, 0.15) is 27.6 Å². The summed E-state index contributed by atoms with van der Waals surface area (Å²) >= 11 is 3.42. The fraction of sp³-hybridized carbons (Fsp3) is 0.222. The number of amides is 1. The summed E-state index contributed by atoms with van der Waals surface area (Å²) in [4.78, 5) is 12.2. The molecule has 6 nitrogen and oxygen atoms in total. The van der Waals surface area contributed by atoms with Crippen LogP contribution in [0.4, 0.5) is 0 Å². The SMILES string of the molecule is Cc1c(CNC(=O)c2ccc(COc3ccccc3Br)o2)cnn1C. The minimum Gasteiger partial charge on any atom is -0.484 e. The van der Waals surface area contributed by atoms with Crippen LogP contribution < -0.4 is 10.1 Å². The van der Waals surface area contributed by atoms with Crippen LogP contribution in [-0.2, 0) is 20.2 Å². The fourth-order valence-corrected chi connectivity index (χ4v) is 2.67. The number of aryl methyl sites for hydroxylation is 1. The van der Waals surface area contributed by atoms with Crippen molar-refractivity contribution >= 4 is 21.8 Å². The van der Waals surface area contributed by atoms with Crippen LogP contribution >= 0.6 is 15.9 Å². The second-order valence-electron chi connectivity index (χ2n) is 5.55. The normalized spacial score (nSPS) is 10.7. The number of hydrogen-bond donors (Lipinski definition) is 1. The molecular weight excluding hydrogens is 386 g/mol. The third kappa shape index (κ3) is 4.11. The van der Waals surface area contributed by atoms with Gasteiger partial charge in [0.15, 0.2) is 5.76 Å². The highest BCUT2D eigenvalue weighted by atomic mass is 79.9. The first-order valence-electron chi connectivity index (χ1n) is 7.76. The summed E-state index contributed by atoms with van der Waals surface area (Å²) in [6.45, 7) is 2.61. The Labute approximate surface area is 153 Å². The van der Waals surface area contributed by atoms with Gasteiger partial charge in [-0.15, -0.1) is 0 Å². The molecule has 3 rings (SSSR count). The second-order valence-corrected chi connectivity index (χ2v) is 6.40. The van der Waals surface area contributed by atoms with E-state index in [1.54, 1.807) is 23.0 Å². The lowest BCUT2D eigenvalue weighted by molar-refractivity contribution is 0.0919. The lowest BCUT2D eigenvalue weighted by atomic mass is 10.2. The van der Waals surface area contributed by atoms with Gasteiger partial charge in [0.05, 0.1) is 10.7 Å². The van der Waals surface area contributed by atoms with E-state index in [-0.39, 0.29) is 18.3 Å². The predicted octanol–water partition coefficient (Wildman–Crippen LogP) is 3.59. The molecule has 0 aliphatic carbocycles. The van der Waals surface area contributed by atoms with Gasteiger partial charge in [0.1, 0.15) is 18.1 Å². The summed E-state index contributed by atoms with van der Waals surface area (Å²) in [5.74, 6) is 1.29. The molecule has 0 bridgehead atoms. The summed E-state index contributed by atoms with van der Waals surface area (Å²) in [5.41, 5.74) is 1.99. The Balaban J connectivity index is 1.56. The summed E-state index contributed by atoms with van der Waals surface area (Å²) in [5, 5.41) is 6.98. The van der Waals surface area contributed by atoms with Gasteiger partial charge in [0.2, 0.25) is 0 Å². The fourth-order valence-electron chi connectivity index (χ4n) is 2.27. The Hall–Kier alpha value is -2.54. The van der Waals surface area contributed by atoms with Crippen LogP contribution in [0.5, 0.6) is 5.75 Å². The molecule has 0 fully saturated rings. The predicted molar refractivity (Wildman–Crippen MR) is 96.3 cm³/mol. The second kappa shape index (κ2) is 7.57. The molecule has 1 N–H and O–H groups in total. The van der Waals surface area contributed by atoms with Crippen molar-refractivity contribution in [1.29, 1.82) is 0 Å². The molecule has 0 radical (unpaired) electrons. The first-order valence-corrected chi connectivity index (χ1v) is 8.55.